The van der Waals surface area contributed by atoms with Crippen LogP contribution in [-0.2, 0) is 17.4 Å². The van der Waals surface area contributed by atoms with Crippen LogP contribution in [0, 0.1) is 0 Å². The van der Waals surface area contributed by atoms with Crippen molar-refractivity contribution < 1.29 is 18.0 Å². The van der Waals surface area contributed by atoms with E-state index in [0.29, 0.717) is 0 Å². The Hall–Kier alpha value is -2.38. The molecule has 0 unspecified atom stereocenters. The summed E-state index contributed by atoms with van der Waals surface area (Å²) < 4.78 is 39.1. The predicted molar refractivity (Wildman–Crippen MR) is 103 cm³/mol. The van der Waals surface area contributed by atoms with Crippen LogP contribution in [0.1, 0.15) is 11.1 Å². The number of halogens is 3. The summed E-state index contributed by atoms with van der Waals surface area (Å²) in [7, 11) is 0. The van der Waals surface area contributed by atoms with Crippen molar-refractivity contribution >= 4 is 11.6 Å². The normalized spacial score (nSPS) is 16.1. The molecule has 0 aliphatic carbocycles. The Balaban J connectivity index is 1.44. The molecule has 2 aromatic carbocycles. The molecule has 1 aliphatic heterocycles. The minimum atomic E-state index is -4.49. The molecule has 7 heteroatoms. The maximum atomic E-state index is 13.0. The topological polar surface area (TPSA) is 35.6 Å². The van der Waals surface area contributed by atoms with Gasteiger partial charge in [0.05, 0.1) is 17.8 Å². The van der Waals surface area contributed by atoms with E-state index in [1.54, 1.807) is 0 Å². The van der Waals surface area contributed by atoms with E-state index in [1.807, 2.05) is 23.1 Å². The highest BCUT2D eigenvalue weighted by Crippen LogP contribution is 2.34. The van der Waals surface area contributed by atoms with E-state index in [4.69, 9.17) is 0 Å². The van der Waals surface area contributed by atoms with Gasteiger partial charge in [0.25, 0.3) is 0 Å². The van der Waals surface area contributed by atoms with Crippen LogP contribution in [0.5, 0.6) is 0 Å². The standard InChI is InChI=1S/C21H24F3N3O/c22-21(23,24)18-8-4-5-9-19(18)25-20(28)16-27-14-12-26(13-15-27)11-10-17-6-2-1-3-7-17/h1-9H,10-16H2,(H,25,28). The summed E-state index contributed by atoms with van der Waals surface area (Å²) in [5, 5.41) is 2.41. The number of hydrogen-bond acceptors (Lipinski definition) is 3. The number of para-hydroxylation sites is 1. The predicted octanol–water partition coefficient (Wildman–Crippen LogP) is 3.50. The molecule has 0 spiro atoms. The molecule has 1 saturated heterocycles. The van der Waals surface area contributed by atoms with Crippen molar-refractivity contribution in [3.63, 3.8) is 0 Å². The number of piperazine rings is 1. The summed E-state index contributed by atoms with van der Waals surface area (Å²) in [6.45, 7) is 4.20. The molecule has 1 amide bonds. The van der Waals surface area contributed by atoms with Crippen LogP contribution in [0.3, 0.4) is 0 Å². The monoisotopic (exact) mass is 391 g/mol. The molecule has 0 radical (unpaired) electrons. The highest BCUT2D eigenvalue weighted by molar-refractivity contribution is 5.93. The van der Waals surface area contributed by atoms with E-state index in [-0.39, 0.29) is 12.2 Å². The number of alkyl halides is 3. The Kier molecular flexibility index (Phi) is 6.70. The van der Waals surface area contributed by atoms with Gasteiger partial charge in [0.2, 0.25) is 5.91 Å². The minimum absolute atomic E-state index is 0.0959. The summed E-state index contributed by atoms with van der Waals surface area (Å²) in [6.07, 6.45) is -3.51. The average molecular weight is 391 g/mol. The molecule has 150 valence electrons. The van der Waals surface area contributed by atoms with E-state index in [9.17, 15) is 18.0 Å². The molecule has 2 aromatic rings. The number of amides is 1. The molecule has 28 heavy (non-hydrogen) atoms. The summed E-state index contributed by atoms with van der Waals surface area (Å²) in [4.78, 5) is 16.5. The molecule has 4 nitrogen and oxygen atoms in total. The zero-order valence-corrected chi connectivity index (χ0v) is 15.6. The lowest BCUT2D eigenvalue weighted by atomic mass is 10.1. The summed E-state index contributed by atoms with van der Waals surface area (Å²) >= 11 is 0. The third-order valence-corrected chi connectivity index (χ3v) is 4.90. The molecule has 0 saturated carbocycles. The summed E-state index contributed by atoms with van der Waals surface area (Å²) in [5.41, 5.74) is 0.281. The lowest BCUT2D eigenvalue weighted by Gasteiger charge is -2.34. The van der Waals surface area contributed by atoms with Gasteiger partial charge < -0.3 is 10.2 Å². The highest BCUT2D eigenvalue weighted by atomic mass is 19.4. The minimum Gasteiger partial charge on any atom is -0.324 e. The molecule has 0 aromatic heterocycles. The second-order valence-electron chi connectivity index (χ2n) is 6.94. The largest absolute Gasteiger partial charge is 0.418 e. The zero-order chi connectivity index (χ0) is 20.0. The van der Waals surface area contributed by atoms with Crippen molar-refractivity contribution in [3.8, 4) is 0 Å². The van der Waals surface area contributed by atoms with Crippen LogP contribution in [0.15, 0.2) is 54.6 Å². The maximum absolute atomic E-state index is 13.0. The van der Waals surface area contributed by atoms with Gasteiger partial charge in [-0.25, -0.2) is 0 Å². The quantitative estimate of drug-likeness (QED) is 0.819. The van der Waals surface area contributed by atoms with E-state index in [1.165, 1.54) is 23.8 Å². The van der Waals surface area contributed by atoms with Crippen molar-refractivity contribution in [2.24, 2.45) is 0 Å². The van der Waals surface area contributed by atoms with Crippen LogP contribution < -0.4 is 5.32 Å². The molecule has 1 N–H and O–H groups in total. The van der Waals surface area contributed by atoms with Gasteiger partial charge in [0.15, 0.2) is 0 Å². The number of carbonyl (C=O) groups is 1. The number of hydrogen-bond donors (Lipinski definition) is 1. The second kappa shape index (κ2) is 9.21. The first kappa shape index (κ1) is 20.4. The Morgan fingerprint density at radius 2 is 1.50 bits per heavy atom. The van der Waals surface area contributed by atoms with Gasteiger partial charge in [-0.05, 0) is 24.1 Å². The van der Waals surface area contributed by atoms with Gasteiger partial charge in [0.1, 0.15) is 0 Å². The fourth-order valence-electron chi connectivity index (χ4n) is 3.34. The van der Waals surface area contributed by atoms with Crippen molar-refractivity contribution in [1.29, 1.82) is 0 Å². The fourth-order valence-corrected chi connectivity index (χ4v) is 3.34. The SMILES string of the molecule is O=C(CN1CCN(CCc2ccccc2)CC1)Nc1ccccc1C(F)(F)F. The maximum Gasteiger partial charge on any atom is 0.418 e. The lowest BCUT2D eigenvalue weighted by Crippen LogP contribution is -2.49. The number of anilines is 1. The average Bonchev–Trinajstić information content (AvgIpc) is 2.68. The number of benzene rings is 2. The van der Waals surface area contributed by atoms with Crippen LogP contribution in [-0.4, -0.2) is 55.0 Å². The number of carbonyl (C=O) groups excluding carboxylic acids is 1. The van der Waals surface area contributed by atoms with Gasteiger partial charge in [-0.2, -0.15) is 13.2 Å². The fraction of sp³-hybridized carbons (Fsp3) is 0.381. The third kappa shape index (κ3) is 5.81. The van der Waals surface area contributed by atoms with Crippen LogP contribution in [0.2, 0.25) is 0 Å². The molecular formula is C21H24F3N3O. The first-order valence-electron chi connectivity index (χ1n) is 9.36. The summed E-state index contributed by atoms with van der Waals surface area (Å²) in [5.74, 6) is -0.422. The van der Waals surface area contributed by atoms with E-state index >= 15 is 0 Å². The Labute approximate surface area is 162 Å². The Morgan fingerprint density at radius 1 is 0.893 bits per heavy atom. The van der Waals surface area contributed by atoms with Gasteiger partial charge >= 0.3 is 6.18 Å². The molecule has 1 heterocycles. The number of nitrogens with one attached hydrogen (secondary N) is 1. The molecule has 1 fully saturated rings. The van der Waals surface area contributed by atoms with Crippen molar-refractivity contribution in [1.82, 2.24) is 9.80 Å². The summed E-state index contributed by atoms with van der Waals surface area (Å²) in [6, 6.07) is 15.3. The molecule has 1 aliphatic rings. The Morgan fingerprint density at radius 3 is 2.18 bits per heavy atom. The van der Waals surface area contributed by atoms with Crippen molar-refractivity contribution in [2.45, 2.75) is 12.6 Å². The van der Waals surface area contributed by atoms with Crippen molar-refractivity contribution in [3.05, 3.63) is 65.7 Å². The van der Waals surface area contributed by atoms with E-state index < -0.39 is 17.6 Å². The molecule has 0 atom stereocenters. The van der Waals surface area contributed by atoms with E-state index in [2.05, 4.69) is 22.3 Å². The molecule has 0 bridgehead atoms. The lowest BCUT2D eigenvalue weighted by molar-refractivity contribution is -0.137. The first-order valence-corrected chi connectivity index (χ1v) is 9.36. The third-order valence-electron chi connectivity index (χ3n) is 4.90. The zero-order valence-electron chi connectivity index (χ0n) is 15.6. The molecular weight excluding hydrogens is 367 g/mol. The molecule has 3 rings (SSSR count). The number of nitrogens with zero attached hydrogens (tertiary/aromatic N) is 2. The van der Waals surface area contributed by atoms with Crippen molar-refractivity contribution in [2.75, 3.05) is 44.6 Å². The van der Waals surface area contributed by atoms with Gasteiger partial charge in [0, 0.05) is 32.7 Å². The van der Waals surface area contributed by atoms with E-state index in [0.717, 1.165) is 45.2 Å². The van der Waals surface area contributed by atoms with Crippen LogP contribution in [0.25, 0.3) is 0 Å². The van der Waals surface area contributed by atoms with Crippen LogP contribution >= 0.6 is 0 Å². The Bertz CT molecular complexity index is 772. The second-order valence-corrected chi connectivity index (χ2v) is 6.94. The highest BCUT2D eigenvalue weighted by Gasteiger charge is 2.33. The van der Waals surface area contributed by atoms with Gasteiger partial charge in [-0.15, -0.1) is 0 Å². The van der Waals surface area contributed by atoms with Gasteiger partial charge in [-0.3, -0.25) is 9.69 Å². The van der Waals surface area contributed by atoms with Crippen LogP contribution in [0.4, 0.5) is 18.9 Å². The number of rotatable bonds is 6. The van der Waals surface area contributed by atoms with Gasteiger partial charge in [-0.1, -0.05) is 42.5 Å². The smallest absolute Gasteiger partial charge is 0.324 e. The first-order chi connectivity index (χ1) is 13.4.